The molecule has 0 saturated carbocycles. The molecule has 1 heterocycles. The van der Waals surface area contributed by atoms with Crippen molar-refractivity contribution in [1.29, 1.82) is 0 Å². The normalized spacial score (nSPS) is 17.5. The van der Waals surface area contributed by atoms with E-state index in [1.165, 1.54) is 42.4 Å². The van der Waals surface area contributed by atoms with Crippen LogP contribution in [0.25, 0.3) is 0 Å². The average molecular weight is 270 g/mol. The number of fused-ring (bicyclic) bond motifs is 1. The van der Waals surface area contributed by atoms with Crippen LogP contribution in [-0.4, -0.2) is 15.2 Å². The maximum Gasteiger partial charge on any atom is 0.141 e. The first-order valence-electron chi connectivity index (χ1n) is 7.47. The molecular formula is C16H22N4. The van der Waals surface area contributed by atoms with Crippen molar-refractivity contribution >= 4 is 0 Å². The lowest BCUT2D eigenvalue weighted by Crippen LogP contribution is -2.23. The highest BCUT2D eigenvalue weighted by Crippen LogP contribution is 2.25. The molecule has 1 aromatic heterocycles. The summed E-state index contributed by atoms with van der Waals surface area (Å²) in [6.07, 6.45) is 6.69. The van der Waals surface area contributed by atoms with Gasteiger partial charge in [0, 0.05) is 6.04 Å². The van der Waals surface area contributed by atoms with Gasteiger partial charge in [-0.1, -0.05) is 18.2 Å². The molecule has 0 radical (unpaired) electrons. The Bertz CT molecular complexity index is 562. The van der Waals surface area contributed by atoms with Gasteiger partial charge in [-0.15, -0.1) is 0 Å². The van der Waals surface area contributed by atoms with Gasteiger partial charge in [0.05, 0.1) is 6.04 Å². The first-order valence-corrected chi connectivity index (χ1v) is 7.47. The number of nitrogens with zero attached hydrogens (tertiary/aromatic N) is 2. The molecular weight excluding hydrogens is 248 g/mol. The number of H-pyrrole nitrogens is 1. The van der Waals surface area contributed by atoms with E-state index in [0.29, 0.717) is 6.04 Å². The predicted molar refractivity (Wildman–Crippen MR) is 79.4 cm³/mol. The number of hydrogen-bond acceptors (Lipinski definition) is 3. The van der Waals surface area contributed by atoms with E-state index in [-0.39, 0.29) is 6.04 Å². The Balaban J connectivity index is 1.72. The van der Waals surface area contributed by atoms with Crippen LogP contribution in [0.1, 0.15) is 61.3 Å². The second-order valence-electron chi connectivity index (χ2n) is 5.72. The summed E-state index contributed by atoms with van der Waals surface area (Å²) in [5.74, 6) is 0.884. The highest BCUT2D eigenvalue weighted by molar-refractivity contribution is 5.35. The lowest BCUT2D eigenvalue weighted by Gasteiger charge is -2.22. The fourth-order valence-corrected chi connectivity index (χ4v) is 3.00. The Morgan fingerprint density at radius 1 is 1.10 bits per heavy atom. The smallest absolute Gasteiger partial charge is 0.141 e. The maximum atomic E-state index is 4.20. The molecule has 3 rings (SSSR count). The lowest BCUT2D eigenvalue weighted by molar-refractivity contribution is 0.477. The number of nitrogens with one attached hydrogen (secondary N) is 2. The molecule has 1 aromatic carbocycles. The maximum absolute atomic E-state index is 4.20. The fourth-order valence-electron chi connectivity index (χ4n) is 3.00. The lowest BCUT2D eigenvalue weighted by atomic mass is 9.89. The SMILES string of the molecule is CC(NC(C)c1ncn[nH]1)c1ccc2c(c1)CCCC2. The van der Waals surface area contributed by atoms with Gasteiger partial charge in [-0.25, -0.2) is 4.98 Å². The van der Waals surface area contributed by atoms with E-state index < -0.39 is 0 Å². The van der Waals surface area contributed by atoms with E-state index in [1.807, 2.05) is 0 Å². The minimum absolute atomic E-state index is 0.170. The molecule has 1 aliphatic carbocycles. The van der Waals surface area contributed by atoms with Crippen molar-refractivity contribution in [3.63, 3.8) is 0 Å². The number of rotatable bonds is 4. The van der Waals surface area contributed by atoms with Gasteiger partial charge in [0.2, 0.25) is 0 Å². The molecule has 106 valence electrons. The van der Waals surface area contributed by atoms with Crippen molar-refractivity contribution in [3.05, 3.63) is 47.0 Å². The average Bonchev–Trinajstić information content (AvgIpc) is 3.01. The van der Waals surface area contributed by atoms with Crippen molar-refractivity contribution < 1.29 is 0 Å². The van der Waals surface area contributed by atoms with Crippen LogP contribution < -0.4 is 5.32 Å². The molecule has 2 aromatic rings. The van der Waals surface area contributed by atoms with Gasteiger partial charge in [0.25, 0.3) is 0 Å². The monoisotopic (exact) mass is 270 g/mol. The molecule has 0 fully saturated rings. The van der Waals surface area contributed by atoms with Crippen LogP contribution in [0, 0.1) is 0 Å². The molecule has 0 bridgehead atoms. The minimum atomic E-state index is 0.170. The van der Waals surface area contributed by atoms with Gasteiger partial charge in [-0.2, -0.15) is 5.10 Å². The van der Waals surface area contributed by atoms with Crippen LogP contribution in [-0.2, 0) is 12.8 Å². The zero-order valence-corrected chi connectivity index (χ0v) is 12.2. The van der Waals surface area contributed by atoms with E-state index >= 15 is 0 Å². The van der Waals surface area contributed by atoms with Gasteiger partial charge < -0.3 is 5.32 Å². The zero-order chi connectivity index (χ0) is 13.9. The van der Waals surface area contributed by atoms with Crippen LogP contribution >= 0.6 is 0 Å². The van der Waals surface area contributed by atoms with Gasteiger partial charge in [-0.3, -0.25) is 5.10 Å². The predicted octanol–water partition coefficient (Wildman–Crippen LogP) is 3.10. The first-order chi connectivity index (χ1) is 9.74. The second-order valence-corrected chi connectivity index (χ2v) is 5.72. The Morgan fingerprint density at radius 2 is 1.90 bits per heavy atom. The molecule has 20 heavy (non-hydrogen) atoms. The number of aryl methyl sites for hydroxylation is 2. The molecule has 1 aliphatic rings. The van der Waals surface area contributed by atoms with E-state index in [0.717, 1.165) is 5.82 Å². The van der Waals surface area contributed by atoms with Gasteiger partial charge in [-0.05, 0) is 56.2 Å². The summed E-state index contributed by atoms with van der Waals surface area (Å²) in [7, 11) is 0. The fraction of sp³-hybridized carbons (Fsp3) is 0.500. The summed E-state index contributed by atoms with van der Waals surface area (Å²) in [5.41, 5.74) is 4.43. The largest absolute Gasteiger partial charge is 0.301 e. The Kier molecular flexibility index (Phi) is 3.83. The Hall–Kier alpha value is -1.68. The molecule has 2 unspecified atom stereocenters. The quantitative estimate of drug-likeness (QED) is 0.897. The Labute approximate surface area is 120 Å². The summed E-state index contributed by atoms with van der Waals surface area (Å²) >= 11 is 0. The molecule has 0 aliphatic heterocycles. The topological polar surface area (TPSA) is 53.6 Å². The van der Waals surface area contributed by atoms with Gasteiger partial charge in [0.1, 0.15) is 12.2 Å². The van der Waals surface area contributed by atoms with E-state index in [4.69, 9.17) is 0 Å². The van der Waals surface area contributed by atoms with Crippen LogP contribution in [0.4, 0.5) is 0 Å². The second kappa shape index (κ2) is 5.75. The van der Waals surface area contributed by atoms with Crippen LogP contribution in [0.5, 0.6) is 0 Å². The molecule has 4 heteroatoms. The van der Waals surface area contributed by atoms with Crippen molar-refractivity contribution in [1.82, 2.24) is 20.5 Å². The molecule has 4 nitrogen and oxygen atoms in total. The minimum Gasteiger partial charge on any atom is -0.301 e. The third-order valence-electron chi connectivity index (χ3n) is 4.22. The van der Waals surface area contributed by atoms with Crippen LogP contribution in [0.2, 0.25) is 0 Å². The highest BCUT2D eigenvalue weighted by atomic mass is 15.2. The van der Waals surface area contributed by atoms with Crippen molar-refractivity contribution in [2.24, 2.45) is 0 Å². The summed E-state index contributed by atoms with van der Waals surface area (Å²) in [4.78, 5) is 4.20. The summed E-state index contributed by atoms with van der Waals surface area (Å²) in [6.45, 7) is 4.31. The van der Waals surface area contributed by atoms with E-state index in [2.05, 4.69) is 52.5 Å². The highest BCUT2D eigenvalue weighted by Gasteiger charge is 2.15. The van der Waals surface area contributed by atoms with Crippen molar-refractivity contribution in [2.75, 3.05) is 0 Å². The summed E-state index contributed by atoms with van der Waals surface area (Å²) < 4.78 is 0. The molecule has 2 atom stereocenters. The van der Waals surface area contributed by atoms with Crippen molar-refractivity contribution in [3.8, 4) is 0 Å². The number of benzene rings is 1. The van der Waals surface area contributed by atoms with E-state index in [9.17, 15) is 0 Å². The van der Waals surface area contributed by atoms with Crippen molar-refractivity contribution in [2.45, 2.75) is 51.6 Å². The van der Waals surface area contributed by atoms with E-state index in [1.54, 1.807) is 6.33 Å². The molecule has 0 amide bonds. The molecule has 2 N–H and O–H groups in total. The Morgan fingerprint density at radius 3 is 2.65 bits per heavy atom. The standard InChI is InChI=1S/C16H22N4/c1-11(19-12(2)16-17-10-18-20-16)14-8-7-13-5-3-4-6-15(13)9-14/h7-12,19H,3-6H2,1-2H3,(H,17,18,20). The summed E-state index contributed by atoms with van der Waals surface area (Å²) in [5, 5.41) is 10.4. The third kappa shape index (κ3) is 2.75. The number of aromatic nitrogens is 3. The van der Waals surface area contributed by atoms with Crippen LogP contribution in [0.15, 0.2) is 24.5 Å². The molecule has 0 spiro atoms. The van der Waals surface area contributed by atoms with Gasteiger partial charge in [0.15, 0.2) is 0 Å². The number of aromatic amines is 1. The first kappa shape index (κ1) is 13.3. The van der Waals surface area contributed by atoms with Gasteiger partial charge >= 0.3 is 0 Å². The number of hydrogen-bond donors (Lipinski definition) is 2. The third-order valence-corrected chi connectivity index (χ3v) is 4.22. The summed E-state index contributed by atoms with van der Waals surface area (Å²) in [6, 6.07) is 7.42. The molecule has 0 saturated heterocycles. The zero-order valence-electron chi connectivity index (χ0n) is 12.2. The van der Waals surface area contributed by atoms with Crippen LogP contribution in [0.3, 0.4) is 0 Å².